The normalized spacial score (nSPS) is 10.2. The van der Waals surface area contributed by atoms with Gasteiger partial charge in [-0.05, 0) is 12.5 Å². The zero-order valence-corrected chi connectivity index (χ0v) is 5.82. The lowest BCUT2D eigenvalue weighted by Crippen LogP contribution is -1.91. The summed E-state index contributed by atoms with van der Waals surface area (Å²) < 4.78 is 0. The fourth-order valence-electron chi connectivity index (χ4n) is 0.302. The van der Waals surface area contributed by atoms with Gasteiger partial charge < -0.3 is 0 Å². The molecule has 0 aromatic heterocycles. The Morgan fingerprint density at radius 2 is 2.38 bits per heavy atom. The summed E-state index contributed by atoms with van der Waals surface area (Å²) in [5.74, 6) is 0.395. The fourth-order valence-corrected chi connectivity index (χ4v) is 0.407. The summed E-state index contributed by atoms with van der Waals surface area (Å²) in [6, 6.07) is 0. The molecular formula is C6H10OS. The van der Waals surface area contributed by atoms with Gasteiger partial charge in [0.05, 0.1) is 5.75 Å². The molecule has 1 nitrogen and oxygen atoms in total. The van der Waals surface area contributed by atoms with Crippen molar-refractivity contribution in [3.8, 4) is 0 Å². The fraction of sp³-hybridized carbons (Fsp3) is 0.500. The lowest BCUT2D eigenvalue weighted by atomic mass is 10.3. The molecule has 0 aliphatic carbocycles. The van der Waals surface area contributed by atoms with Crippen LogP contribution < -0.4 is 0 Å². The van der Waals surface area contributed by atoms with Crippen molar-refractivity contribution in [1.29, 1.82) is 0 Å². The van der Waals surface area contributed by atoms with Crippen molar-refractivity contribution in [3.05, 3.63) is 12.2 Å². The second-order valence-electron chi connectivity index (χ2n) is 1.44. The molecule has 0 saturated heterocycles. The summed E-state index contributed by atoms with van der Waals surface area (Å²) in [5, 5.41) is 0. The second-order valence-corrected chi connectivity index (χ2v) is 1.75. The zero-order chi connectivity index (χ0) is 6.41. The van der Waals surface area contributed by atoms with E-state index >= 15 is 0 Å². The van der Waals surface area contributed by atoms with Gasteiger partial charge in [0, 0.05) is 0 Å². The van der Waals surface area contributed by atoms with Crippen LogP contribution >= 0.6 is 12.6 Å². The van der Waals surface area contributed by atoms with E-state index in [2.05, 4.69) is 12.6 Å². The first-order valence-electron chi connectivity index (χ1n) is 2.61. The summed E-state index contributed by atoms with van der Waals surface area (Å²) in [4.78, 5) is 10.4. The predicted octanol–water partition coefficient (Wildman–Crippen LogP) is 1.45. The van der Waals surface area contributed by atoms with Crippen molar-refractivity contribution in [1.82, 2.24) is 0 Å². The summed E-state index contributed by atoms with van der Waals surface area (Å²) in [5.41, 5.74) is 0. The molecule has 0 heterocycles. The topological polar surface area (TPSA) is 17.1 Å². The van der Waals surface area contributed by atoms with E-state index in [1.54, 1.807) is 6.08 Å². The highest BCUT2D eigenvalue weighted by atomic mass is 32.1. The van der Waals surface area contributed by atoms with Crippen LogP contribution in [0.4, 0.5) is 0 Å². The maximum Gasteiger partial charge on any atom is 0.164 e. The van der Waals surface area contributed by atoms with E-state index in [1.165, 1.54) is 0 Å². The molecule has 0 rings (SSSR count). The lowest BCUT2D eigenvalue weighted by Gasteiger charge is -1.80. The molecule has 0 aromatic carbocycles. The van der Waals surface area contributed by atoms with E-state index < -0.39 is 0 Å². The Balaban J connectivity index is 3.37. The number of carbonyl (C=O) groups excluding carboxylic acids is 1. The predicted molar refractivity (Wildman–Crippen MR) is 38.3 cm³/mol. The highest BCUT2D eigenvalue weighted by Crippen LogP contribution is 1.83. The van der Waals surface area contributed by atoms with Gasteiger partial charge in [-0.2, -0.15) is 12.6 Å². The zero-order valence-electron chi connectivity index (χ0n) is 4.92. The summed E-state index contributed by atoms with van der Waals surface area (Å²) in [7, 11) is 0. The Morgan fingerprint density at radius 3 is 2.75 bits per heavy atom. The smallest absolute Gasteiger partial charge is 0.164 e. The Hall–Kier alpha value is -0.240. The SMILES string of the molecule is CCC=CC(=O)CS. The lowest BCUT2D eigenvalue weighted by molar-refractivity contribution is -0.112. The van der Waals surface area contributed by atoms with E-state index in [0.717, 1.165) is 6.42 Å². The van der Waals surface area contributed by atoms with Crippen LogP contribution in [0.15, 0.2) is 12.2 Å². The molecule has 0 fully saturated rings. The van der Waals surface area contributed by atoms with Crippen LogP contribution in [-0.2, 0) is 4.79 Å². The third kappa shape index (κ3) is 3.93. The number of rotatable bonds is 3. The molecule has 0 N–H and O–H groups in total. The number of carbonyl (C=O) groups is 1. The molecule has 8 heavy (non-hydrogen) atoms. The number of allylic oxidation sites excluding steroid dienone is 2. The molecule has 0 radical (unpaired) electrons. The van der Waals surface area contributed by atoms with Gasteiger partial charge in [0.2, 0.25) is 0 Å². The number of ketones is 1. The summed E-state index contributed by atoms with van der Waals surface area (Å²) in [6.07, 6.45) is 4.31. The van der Waals surface area contributed by atoms with Crippen molar-refractivity contribution < 1.29 is 4.79 Å². The number of hydrogen-bond acceptors (Lipinski definition) is 2. The highest BCUT2D eigenvalue weighted by Gasteiger charge is 1.85. The van der Waals surface area contributed by atoms with Crippen molar-refractivity contribution in [2.45, 2.75) is 13.3 Å². The van der Waals surface area contributed by atoms with Crippen molar-refractivity contribution in [2.75, 3.05) is 5.75 Å². The first kappa shape index (κ1) is 7.76. The average Bonchev–Trinajstić information content (AvgIpc) is 1.83. The largest absolute Gasteiger partial charge is 0.294 e. The van der Waals surface area contributed by atoms with Gasteiger partial charge in [-0.15, -0.1) is 0 Å². The van der Waals surface area contributed by atoms with Crippen LogP contribution in [0, 0.1) is 0 Å². The van der Waals surface area contributed by atoms with E-state index in [0.29, 0.717) is 5.75 Å². The maximum atomic E-state index is 10.4. The van der Waals surface area contributed by atoms with Crippen molar-refractivity contribution in [3.63, 3.8) is 0 Å². The Kier molecular flexibility index (Phi) is 4.76. The monoisotopic (exact) mass is 130 g/mol. The van der Waals surface area contributed by atoms with Gasteiger partial charge in [0.1, 0.15) is 0 Å². The molecule has 0 spiro atoms. The highest BCUT2D eigenvalue weighted by molar-refractivity contribution is 7.81. The minimum Gasteiger partial charge on any atom is -0.294 e. The van der Waals surface area contributed by atoms with Gasteiger partial charge in [0.15, 0.2) is 5.78 Å². The third-order valence-electron chi connectivity index (χ3n) is 0.695. The second kappa shape index (κ2) is 4.91. The molecule has 0 aliphatic heterocycles. The molecule has 0 saturated carbocycles. The van der Waals surface area contributed by atoms with Crippen LogP contribution in [0.25, 0.3) is 0 Å². The minimum atomic E-state index is 0.0789. The standard InChI is InChI=1S/C6H10OS/c1-2-3-4-6(7)5-8/h3-4,8H,2,5H2,1H3. The van der Waals surface area contributed by atoms with Gasteiger partial charge >= 0.3 is 0 Å². The average molecular weight is 130 g/mol. The summed E-state index contributed by atoms with van der Waals surface area (Å²) in [6.45, 7) is 1.99. The third-order valence-corrected chi connectivity index (χ3v) is 1.01. The Labute approximate surface area is 55.2 Å². The van der Waals surface area contributed by atoms with Gasteiger partial charge in [-0.3, -0.25) is 4.79 Å². The van der Waals surface area contributed by atoms with E-state index in [-0.39, 0.29) is 5.78 Å². The molecule has 0 aromatic rings. The summed E-state index contributed by atoms with van der Waals surface area (Å²) >= 11 is 3.79. The molecule has 0 unspecified atom stereocenters. The van der Waals surface area contributed by atoms with Crippen LogP contribution in [0.1, 0.15) is 13.3 Å². The van der Waals surface area contributed by atoms with Gasteiger partial charge in [-0.1, -0.05) is 13.0 Å². The molecule has 2 heteroatoms. The van der Waals surface area contributed by atoms with Crippen molar-refractivity contribution >= 4 is 18.4 Å². The Bertz CT molecular complexity index is 96.7. The Morgan fingerprint density at radius 1 is 1.75 bits per heavy atom. The van der Waals surface area contributed by atoms with Gasteiger partial charge in [-0.25, -0.2) is 0 Å². The van der Waals surface area contributed by atoms with Crippen molar-refractivity contribution in [2.24, 2.45) is 0 Å². The number of hydrogen-bond donors (Lipinski definition) is 1. The first-order valence-corrected chi connectivity index (χ1v) is 3.24. The molecule has 0 atom stereocenters. The van der Waals surface area contributed by atoms with E-state index in [1.807, 2.05) is 13.0 Å². The van der Waals surface area contributed by atoms with Crippen LogP contribution in [0.5, 0.6) is 0 Å². The molecule has 46 valence electrons. The molecule has 0 aliphatic rings. The first-order chi connectivity index (χ1) is 3.81. The minimum absolute atomic E-state index is 0.0789. The van der Waals surface area contributed by atoms with Crippen LogP contribution in [0.2, 0.25) is 0 Å². The molecule has 0 bridgehead atoms. The maximum absolute atomic E-state index is 10.4. The van der Waals surface area contributed by atoms with Crippen LogP contribution in [0.3, 0.4) is 0 Å². The quantitative estimate of drug-likeness (QED) is 0.452. The number of thiol groups is 1. The van der Waals surface area contributed by atoms with Gasteiger partial charge in [0.25, 0.3) is 0 Å². The molecular weight excluding hydrogens is 120 g/mol. The molecule has 0 amide bonds. The van der Waals surface area contributed by atoms with E-state index in [4.69, 9.17) is 0 Å². The van der Waals surface area contributed by atoms with Crippen LogP contribution in [-0.4, -0.2) is 11.5 Å². The van der Waals surface area contributed by atoms with E-state index in [9.17, 15) is 4.79 Å².